The van der Waals surface area contributed by atoms with E-state index in [9.17, 15) is 10.4 Å². The van der Waals surface area contributed by atoms with Crippen LogP contribution < -0.4 is 0 Å². The first-order valence-electron chi connectivity index (χ1n) is 7.41. The van der Waals surface area contributed by atoms with Crippen molar-refractivity contribution in [2.75, 3.05) is 0 Å². The number of aliphatic hydroxyl groups is 1. The van der Waals surface area contributed by atoms with Crippen LogP contribution in [0.1, 0.15) is 41.2 Å². The summed E-state index contributed by atoms with van der Waals surface area (Å²) in [5, 5.41) is 20.8. The number of aryl methyl sites for hydroxylation is 2. The molecule has 0 saturated carbocycles. The molecule has 0 spiro atoms. The molecule has 0 heterocycles. The molecule has 0 aliphatic heterocycles. The van der Waals surface area contributed by atoms with Crippen LogP contribution in [0.25, 0.3) is 0 Å². The second-order valence-corrected chi connectivity index (χ2v) is 5.91. The molecule has 21 heavy (non-hydrogen) atoms. The first-order valence-corrected chi connectivity index (χ1v) is 7.41. The predicted octanol–water partition coefficient (Wildman–Crippen LogP) is 3.83. The SMILES string of the molecule is Cc1ccc(C(O)C2(C#N)CCCc3ccccc32)cc1. The molecule has 0 radical (unpaired) electrons. The molecule has 1 N–H and O–H groups in total. The van der Waals surface area contributed by atoms with E-state index < -0.39 is 11.5 Å². The molecule has 0 aromatic heterocycles. The van der Waals surface area contributed by atoms with Gasteiger partial charge in [-0.2, -0.15) is 5.26 Å². The van der Waals surface area contributed by atoms with Crippen molar-refractivity contribution in [2.24, 2.45) is 0 Å². The maximum Gasteiger partial charge on any atom is 0.112 e. The Morgan fingerprint density at radius 3 is 2.57 bits per heavy atom. The number of hydrogen-bond donors (Lipinski definition) is 1. The molecular formula is C19H19NO. The lowest BCUT2D eigenvalue weighted by Crippen LogP contribution is -2.36. The first-order chi connectivity index (χ1) is 10.2. The minimum atomic E-state index is -0.829. The van der Waals surface area contributed by atoms with Crippen LogP contribution in [0.15, 0.2) is 48.5 Å². The normalized spacial score (nSPS) is 22.1. The Bertz CT molecular complexity index is 683. The standard InChI is InChI=1S/C19H19NO/c1-14-8-10-16(11-9-14)18(21)19(13-20)12-4-6-15-5-2-3-7-17(15)19/h2-3,5,7-11,18,21H,4,6,12H2,1H3. The highest BCUT2D eigenvalue weighted by molar-refractivity contribution is 5.45. The zero-order valence-electron chi connectivity index (χ0n) is 12.2. The van der Waals surface area contributed by atoms with Crippen molar-refractivity contribution < 1.29 is 5.11 Å². The van der Waals surface area contributed by atoms with Gasteiger partial charge in [0.2, 0.25) is 0 Å². The number of benzene rings is 2. The summed E-state index contributed by atoms with van der Waals surface area (Å²) in [5.74, 6) is 0. The Labute approximate surface area is 125 Å². The van der Waals surface area contributed by atoms with E-state index in [2.05, 4.69) is 12.1 Å². The average molecular weight is 277 g/mol. The van der Waals surface area contributed by atoms with Crippen LogP contribution in [-0.4, -0.2) is 5.11 Å². The summed E-state index contributed by atoms with van der Waals surface area (Å²) in [7, 11) is 0. The summed E-state index contributed by atoms with van der Waals surface area (Å²) >= 11 is 0. The van der Waals surface area contributed by atoms with Gasteiger partial charge >= 0.3 is 0 Å². The summed E-state index contributed by atoms with van der Waals surface area (Å²) in [6, 6.07) is 18.3. The zero-order valence-corrected chi connectivity index (χ0v) is 12.2. The molecule has 0 saturated heterocycles. The maximum absolute atomic E-state index is 10.9. The summed E-state index contributed by atoms with van der Waals surface area (Å²) in [4.78, 5) is 0. The molecular weight excluding hydrogens is 258 g/mol. The van der Waals surface area contributed by atoms with Crippen molar-refractivity contribution in [1.82, 2.24) is 0 Å². The maximum atomic E-state index is 10.9. The summed E-state index contributed by atoms with van der Waals surface area (Å²) in [5.41, 5.74) is 3.33. The van der Waals surface area contributed by atoms with Crippen LogP contribution in [0, 0.1) is 18.3 Å². The topological polar surface area (TPSA) is 44.0 Å². The Morgan fingerprint density at radius 2 is 1.86 bits per heavy atom. The molecule has 106 valence electrons. The van der Waals surface area contributed by atoms with E-state index in [0.717, 1.165) is 29.5 Å². The lowest BCUT2D eigenvalue weighted by Gasteiger charge is -2.37. The Morgan fingerprint density at radius 1 is 1.14 bits per heavy atom. The molecule has 2 heteroatoms. The number of hydrogen-bond acceptors (Lipinski definition) is 2. The van der Waals surface area contributed by atoms with E-state index >= 15 is 0 Å². The fraction of sp³-hybridized carbons (Fsp3) is 0.316. The molecule has 0 amide bonds. The van der Waals surface area contributed by atoms with Gasteiger partial charge < -0.3 is 5.11 Å². The second-order valence-electron chi connectivity index (χ2n) is 5.91. The smallest absolute Gasteiger partial charge is 0.112 e. The lowest BCUT2D eigenvalue weighted by molar-refractivity contribution is 0.0996. The van der Waals surface area contributed by atoms with E-state index in [-0.39, 0.29) is 0 Å². The van der Waals surface area contributed by atoms with Gasteiger partial charge in [0, 0.05) is 0 Å². The summed E-state index contributed by atoms with van der Waals surface area (Å²) < 4.78 is 0. The third-order valence-corrected chi connectivity index (χ3v) is 4.57. The fourth-order valence-electron chi connectivity index (χ4n) is 3.36. The van der Waals surface area contributed by atoms with Gasteiger partial charge in [-0.05, 0) is 42.9 Å². The molecule has 0 fully saturated rings. The Balaban J connectivity index is 2.10. The van der Waals surface area contributed by atoms with Crippen molar-refractivity contribution in [1.29, 1.82) is 5.26 Å². The molecule has 2 aromatic rings. The molecule has 2 nitrogen and oxygen atoms in total. The van der Waals surface area contributed by atoms with Gasteiger partial charge in [0.15, 0.2) is 0 Å². The first kappa shape index (κ1) is 13.9. The number of nitrogens with zero attached hydrogens (tertiary/aromatic N) is 1. The van der Waals surface area contributed by atoms with E-state index in [4.69, 9.17) is 0 Å². The second kappa shape index (κ2) is 5.35. The van der Waals surface area contributed by atoms with Gasteiger partial charge in [0.25, 0.3) is 0 Å². The summed E-state index contributed by atoms with van der Waals surface area (Å²) in [6.07, 6.45) is 1.84. The van der Waals surface area contributed by atoms with Gasteiger partial charge in [-0.25, -0.2) is 0 Å². The van der Waals surface area contributed by atoms with Crippen molar-refractivity contribution in [3.05, 3.63) is 70.8 Å². The van der Waals surface area contributed by atoms with Crippen molar-refractivity contribution in [2.45, 2.75) is 37.7 Å². The van der Waals surface area contributed by atoms with E-state index in [1.165, 1.54) is 5.56 Å². The molecule has 1 aliphatic carbocycles. The highest BCUT2D eigenvalue weighted by Crippen LogP contribution is 2.45. The van der Waals surface area contributed by atoms with Gasteiger partial charge in [0.1, 0.15) is 11.5 Å². The average Bonchev–Trinajstić information content (AvgIpc) is 2.54. The van der Waals surface area contributed by atoms with Crippen molar-refractivity contribution in [3.8, 4) is 6.07 Å². The highest BCUT2D eigenvalue weighted by Gasteiger charge is 2.43. The van der Waals surface area contributed by atoms with Crippen molar-refractivity contribution in [3.63, 3.8) is 0 Å². The predicted molar refractivity (Wildman–Crippen MR) is 82.8 cm³/mol. The van der Waals surface area contributed by atoms with Crippen LogP contribution in [0.3, 0.4) is 0 Å². The minimum absolute atomic E-state index is 0.704. The minimum Gasteiger partial charge on any atom is -0.386 e. The summed E-state index contributed by atoms with van der Waals surface area (Å²) in [6.45, 7) is 2.02. The third kappa shape index (κ3) is 2.24. The van der Waals surface area contributed by atoms with Crippen LogP contribution >= 0.6 is 0 Å². The Hall–Kier alpha value is -2.11. The Kier molecular flexibility index (Phi) is 3.53. The molecule has 2 atom stereocenters. The number of aliphatic hydroxyl groups excluding tert-OH is 1. The molecule has 2 aromatic carbocycles. The number of fused-ring (bicyclic) bond motifs is 1. The van der Waals surface area contributed by atoms with Gasteiger partial charge in [-0.1, -0.05) is 54.1 Å². The number of rotatable bonds is 2. The fourth-order valence-corrected chi connectivity index (χ4v) is 3.36. The quantitative estimate of drug-likeness (QED) is 0.906. The zero-order chi connectivity index (χ0) is 14.9. The van der Waals surface area contributed by atoms with Crippen LogP contribution in [0.4, 0.5) is 0 Å². The van der Waals surface area contributed by atoms with E-state index in [1.54, 1.807) is 0 Å². The lowest BCUT2D eigenvalue weighted by atomic mass is 9.66. The molecule has 2 unspecified atom stereocenters. The molecule has 1 aliphatic rings. The van der Waals surface area contributed by atoms with E-state index in [0.29, 0.717) is 6.42 Å². The van der Waals surface area contributed by atoms with Gasteiger partial charge in [-0.15, -0.1) is 0 Å². The van der Waals surface area contributed by atoms with Crippen molar-refractivity contribution >= 4 is 0 Å². The van der Waals surface area contributed by atoms with Gasteiger partial charge in [-0.3, -0.25) is 0 Å². The largest absolute Gasteiger partial charge is 0.386 e. The highest BCUT2D eigenvalue weighted by atomic mass is 16.3. The number of nitriles is 1. The third-order valence-electron chi connectivity index (χ3n) is 4.57. The van der Waals surface area contributed by atoms with Gasteiger partial charge in [0.05, 0.1) is 6.07 Å². The van der Waals surface area contributed by atoms with Crippen LogP contribution in [-0.2, 0) is 11.8 Å². The van der Waals surface area contributed by atoms with Crippen LogP contribution in [0.2, 0.25) is 0 Å². The van der Waals surface area contributed by atoms with Crippen LogP contribution in [0.5, 0.6) is 0 Å². The monoisotopic (exact) mass is 277 g/mol. The van der Waals surface area contributed by atoms with E-state index in [1.807, 2.05) is 49.4 Å². The molecule has 0 bridgehead atoms. The molecule has 3 rings (SSSR count).